The highest BCUT2D eigenvalue weighted by Gasteiger charge is 2.15. The largest absolute Gasteiger partial charge is 0.486 e. The van der Waals surface area contributed by atoms with Gasteiger partial charge in [0.2, 0.25) is 5.95 Å². The smallest absolute Gasteiger partial charge is 0.247 e. The van der Waals surface area contributed by atoms with Gasteiger partial charge in [0.05, 0.1) is 5.69 Å². The highest BCUT2D eigenvalue weighted by molar-refractivity contribution is 5.68. The van der Waals surface area contributed by atoms with Crippen molar-refractivity contribution in [2.24, 2.45) is 0 Å². The molecule has 34 heavy (non-hydrogen) atoms. The van der Waals surface area contributed by atoms with Crippen LogP contribution in [0.3, 0.4) is 0 Å². The summed E-state index contributed by atoms with van der Waals surface area (Å²) >= 11 is 0. The summed E-state index contributed by atoms with van der Waals surface area (Å²) in [6.45, 7) is 5.65. The highest BCUT2D eigenvalue weighted by atomic mass is 16.6. The summed E-state index contributed by atoms with van der Waals surface area (Å²) in [5.41, 5.74) is 4.77. The van der Waals surface area contributed by atoms with E-state index in [4.69, 9.17) is 14.6 Å². The van der Waals surface area contributed by atoms with Crippen molar-refractivity contribution >= 4 is 23.0 Å². The molecule has 0 bridgehead atoms. The fourth-order valence-corrected chi connectivity index (χ4v) is 4.54. The van der Waals surface area contributed by atoms with Crippen molar-refractivity contribution in [3.63, 3.8) is 0 Å². The van der Waals surface area contributed by atoms with E-state index in [2.05, 4.69) is 32.7 Å². The second-order valence-corrected chi connectivity index (χ2v) is 8.65. The van der Waals surface area contributed by atoms with Crippen LogP contribution in [0.5, 0.6) is 11.5 Å². The predicted molar refractivity (Wildman–Crippen MR) is 133 cm³/mol. The number of fused-ring (bicyclic) bond motifs is 2. The molecule has 0 saturated carbocycles. The third-order valence-corrected chi connectivity index (χ3v) is 6.29. The first kappa shape index (κ1) is 20.8. The second-order valence-electron chi connectivity index (χ2n) is 8.65. The van der Waals surface area contributed by atoms with E-state index < -0.39 is 0 Å². The fourth-order valence-electron chi connectivity index (χ4n) is 4.54. The molecule has 174 valence electrons. The van der Waals surface area contributed by atoms with Gasteiger partial charge in [-0.2, -0.15) is 4.98 Å². The molecule has 2 aliphatic heterocycles. The van der Waals surface area contributed by atoms with Crippen molar-refractivity contribution in [2.75, 3.05) is 50.0 Å². The Kier molecular flexibility index (Phi) is 5.64. The quantitative estimate of drug-likeness (QED) is 0.426. The van der Waals surface area contributed by atoms with Crippen LogP contribution < -0.4 is 20.1 Å². The standard InChI is InChI=1S/C26H28N6O2/c1-2-14-31(13-1)15-12-27-20-7-9-21(10-8-20)28-26-29-25-5-3-4-22(32(25)30-26)19-6-11-23-24(18-19)34-17-16-33-23/h3-11,18,27H,1-2,12-17H2,(H,28,30). The maximum absolute atomic E-state index is 5.75. The van der Waals surface area contributed by atoms with Crippen LogP contribution in [-0.2, 0) is 0 Å². The van der Waals surface area contributed by atoms with Crippen LogP contribution in [0.1, 0.15) is 12.8 Å². The number of nitrogens with zero attached hydrogens (tertiary/aromatic N) is 4. The van der Waals surface area contributed by atoms with Crippen LogP contribution in [-0.4, -0.2) is 58.9 Å². The molecule has 8 nitrogen and oxygen atoms in total. The molecule has 4 aromatic rings. The van der Waals surface area contributed by atoms with Gasteiger partial charge in [-0.3, -0.25) is 0 Å². The molecule has 0 atom stereocenters. The van der Waals surface area contributed by atoms with E-state index in [9.17, 15) is 0 Å². The minimum atomic E-state index is 0.555. The Labute approximate surface area is 198 Å². The topological polar surface area (TPSA) is 76.0 Å². The Bertz CT molecular complexity index is 1280. The Morgan fingerprint density at radius 1 is 0.853 bits per heavy atom. The first-order valence-corrected chi connectivity index (χ1v) is 11.9. The highest BCUT2D eigenvalue weighted by Crippen LogP contribution is 2.34. The van der Waals surface area contributed by atoms with Crippen LogP contribution in [0.15, 0.2) is 60.7 Å². The monoisotopic (exact) mass is 456 g/mol. The Morgan fingerprint density at radius 2 is 1.65 bits per heavy atom. The van der Waals surface area contributed by atoms with Gasteiger partial charge >= 0.3 is 0 Å². The molecule has 2 aliphatic rings. The van der Waals surface area contributed by atoms with Crippen molar-refractivity contribution < 1.29 is 9.47 Å². The molecule has 0 radical (unpaired) electrons. The molecule has 0 amide bonds. The lowest BCUT2D eigenvalue weighted by Crippen LogP contribution is -2.25. The van der Waals surface area contributed by atoms with Gasteiger partial charge in [0.25, 0.3) is 0 Å². The van der Waals surface area contributed by atoms with E-state index in [1.165, 1.54) is 25.9 Å². The summed E-state index contributed by atoms with van der Waals surface area (Å²) in [6, 6.07) is 20.2. The summed E-state index contributed by atoms with van der Waals surface area (Å²) < 4.78 is 13.2. The average Bonchev–Trinajstić information content (AvgIpc) is 3.54. The maximum atomic E-state index is 5.75. The number of likely N-dealkylation sites (tertiary alicyclic amines) is 1. The zero-order chi connectivity index (χ0) is 22.7. The molecule has 1 fully saturated rings. The van der Waals surface area contributed by atoms with E-state index in [1.807, 2.05) is 53.0 Å². The second kappa shape index (κ2) is 9.23. The van der Waals surface area contributed by atoms with Crippen LogP contribution in [0.25, 0.3) is 16.9 Å². The number of benzene rings is 2. The van der Waals surface area contributed by atoms with E-state index in [-0.39, 0.29) is 0 Å². The van der Waals surface area contributed by atoms with E-state index >= 15 is 0 Å². The lowest BCUT2D eigenvalue weighted by Gasteiger charge is -2.19. The van der Waals surface area contributed by atoms with Gasteiger partial charge in [0.15, 0.2) is 17.1 Å². The van der Waals surface area contributed by atoms with Gasteiger partial charge in [-0.1, -0.05) is 6.07 Å². The van der Waals surface area contributed by atoms with Gasteiger partial charge in [-0.05, 0) is 80.5 Å². The molecular weight excluding hydrogens is 428 g/mol. The first-order chi connectivity index (χ1) is 16.8. The number of rotatable bonds is 7. The number of anilines is 3. The number of ether oxygens (including phenoxy) is 2. The van der Waals surface area contributed by atoms with Gasteiger partial charge in [0.1, 0.15) is 13.2 Å². The Hall–Kier alpha value is -3.78. The van der Waals surface area contributed by atoms with Gasteiger partial charge in [0, 0.05) is 30.0 Å². The number of hydrogen-bond donors (Lipinski definition) is 2. The summed E-state index contributed by atoms with van der Waals surface area (Å²) in [6.07, 6.45) is 2.66. The van der Waals surface area contributed by atoms with Crippen molar-refractivity contribution in [1.82, 2.24) is 19.5 Å². The number of hydrogen-bond acceptors (Lipinski definition) is 7. The third-order valence-electron chi connectivity index (χ3n) is 6.29. The number of aromatic nitrogens is 3. The molecular formula is C26H28N6O2. The summed E-state index contributed by atoms with van der Waals surface area (Å²) in [5.74, 6) is 2.09. The first-order valence-electron chi connectivity index (χ1n) is 11.9. The Balaban J connectivity index is 1.16. The van der Waals surface area contributed by atoms with Crippen LogP contribution in [0.2, 0.25) is 0 Å². The van der Waals surface area contributed by atoms with Crippen molar-refractivity contribution in [3.8, 4) is 22.8 Å². The van der Waals surface area contributed by atoms with Crippen LogP contribution in [0, 0.1) is 0 Å². The number of nitrogens with one attached hydrogen (secondary N) is 2. The summed E-state index contributed by atoms with van der Waals surface area (Å²) in [7, 11) is 0. The minimum absolute atomic E-state index is 0.555. The van der Waals surface area contributed by atoms with Crippen molar-refractivity contribution in [3.05, 3.63) is 60.7 Å². The van der Waals surface area contributed by atoms with Gasteiger partial charge < -0.3 is 25.0 Å². The molecule has 0 spiro atoms. The molecule has 2 aromatic heterocycles. The molecule has 8 heteroatoms. The zero-order valence-corrected chi connectivity index (χ0v) is 19.0. The molecule has 2 aromatic carbocycles. The van der Waals surface area contributed by atoms with Gasteiger partial charge in [-0.15, -0.1) is 5.10 Å². The van der Waals surface area contributed by atoms with Crippen molar-refractivity contribution in [1.29, 1.82) is 0 Å². The van der Waals surface area contributed by atoms with Crippen molar-refractivity contribution in [2.45, 2.75) is 12.8 Å². The summed E-state index contributed by atoms with van der Waals surface area (Å²) in [4.78, 5) is 7.17. The minimum Gasteiger partial charge on any atom is -0.486 e. The van der Waals surface area contributed by atoms with E-state index in [0.29, 0.717) is 19.2 Å². The molecule has 0 unspecified atom stereocenters. The molecule has 4 heterocycles. The molecule has 0 aliphatic carbocycles. The normalized spacial score (nSPS) is 15.5. The molecule has 6 rings (SSSR count). The fraction of sp³-hybridized carbons (Fsp3) is 0.308. The lowest BCUT2D eigenvalue weighted by atomic mass is 10.1. The zero-order valence-electron chi connectivity index (χ0n) is 19.0. The van der Waals surface area contributed by atoms with Gasteiger partial charge in [-0.25, -0.2) is 4.52 Å². The lowest BCUT2D eigenvalue weighted by molar-refractivity contribution is 0.171. The maximum Gasteiger partial charge on any atom is 0.247 e. The molecule has 2 N–H and O–H groups in total. The SMILES string of the molecule is c1cc(-c2ccc3c(c2)OCCO3)n2nc(Nc3ccc(NCCN4CCCC4)cc3)nc2c1. The van der Waals surface area contributed by atoms with E-state index in [1.54, 1.807) is 0 Å². The van der Waals surface area contributed by atoms with E-state index in [0.717, 1.165) is 52.9 Å². The third kappa shape index (κ3) is 4.36. The Morgan fingerprint density at radius 3 is 2.50 bits per heavy atom. The predicted octanol–water partition coefficient (Wildman–Crippen LogP) is 4.42. The molecule has 1 saturated heterocycles. The average molecular weight is 457 g/mol. The number of pyridine rings is 1. The van der Waals surface area contributed by atoms with Crippen LogP contribution >= 0.6 is 0 Å². The summed E-state index contributed by atoms with van der Waals surface area (Å²) in [5, 5.41) is 11.5. The van der Waals surface area contributed by atoms with Crippen LogP contribution in [0.4, 0.5) is 17.3 Å².